The van der Waals surface area contributed by atoms with Gasteiger partial charge in [0.1, 0.15) is 44.7 Å². The Bertz CT molecular complexity index is 8890. The van der Waals surface area contributed by atoms with Gasteiger partial charge in [-0.15, -0.1) is 0 Å². The molecule has 22 aromatic carbocycles. The standard InChI is InChI=1S/2C61H38O2/c1-61(2)49-26-6-3-16-43(49)58-46(25-13-27-50(58)61)57-41-23-11-19-37(39-21-9-14-35-30-32-53-59(55(35)39)44-17-4-7-28-51(44)62-53)47(41)34-48-38(20-12-24-42(48)57)40-22-10-15-36-31-33-54-60(56(36)40)45-18-5-8-29-52(45)63-54;1-61(2)51-26-6-3-14-45(51)58-48(25-13-27-52(58)61)57-43-23-11-19-37(35-17-9-21-41-39(35)30-32-55-59(41)46-15-4-7-28-53(46)62-55)49(43)34-50-38(20-12-24-44(50)57)36-18-10-22-42-40(36)31-33-56-60(42)47-16-5-8-29-54(47)63-56/h2*3-34H,1-2H3. The third-order valence-corrected chi connectivity index (χ3v) is 28.6. The van der Waals surface area contributed by atoms with E-state index in [4.69, 9.17) is 17.7 Å². The van der Waals surface area contributed by atoms with Gasteiger partial charge in [-0.2, -0.15) is 0 Å². The van der Waals surface area contributed by atoms with Gasteiger partial charge in [-0.1, -0.05) is 355 Å². The Morgan fingerprint density at radius 1 is 0.143 bits per heavy atom. The molecule has 0 amide bonds. The zero-order chi connectivity index (χ0) is 83.1. The lowest BCUT2D eigenvalue weighted by atomic mass is 9.80. The highest BCUT2D eigenvalue weighted by molar-refractivity contribution is 6.31. The number of hydrogen-bond donors (Lipinski definition) is 0. The molecule has 4 heterocycles. The smallest absolute Gasteiger partial charge is 0.136 e. The fraction of sp³-hybridized carbons (Fsp3) is 0.0492. The Morgan fingerprint density at radius 2 is 0.397 bits per heavy atom. The van der Waals surface area contributed by atoms with Gasteiger partial charge in [0.25, 0.3) is 0 Å². The van der Waals surface area contributed by atoms with Crippen LogP contribution in [-0.4, -0.2) is 0 Å². The summed E-state index contributed by atoms with van der Waals surface area (Å²) in [5.74, 6) is 0. The van der Waals surface area contributed by atoms with Crippen LogP contribution in [0.25, 0.3) is 263 Å². The molecule has 28 rings (SSSR count). The number of para-hydroxylation sites is 4. The summed E-state index contributed by atoms with van der Waals surface area (Å²) in [5, 5.41) is 28.6. The summed E-state index contributed by atoms with van der Waals surface area (Å²) >= 11 is 0. The summed E-state index contributed by atoms with van der Waals surface area (Å²) in [6, 6.07) is 143. The van der Waals surface area contributed by atoms with E-state index in [-0.39, 0.29) is 10.8 Å². The lowest BCUT2D eigenvalue weighted by molar-refractivity contribution is 0.660. The van der Waals surface area contributed by atoms with Crippen LogP contribution in [0.1, 0.15) is 49.9 Å². The SMILES string of the molecule is CC1(C)c2ccccc2-c2c(-c3c4cccc(-c5cccc6c5ccc5oc7ccccc7c56)c4cc4c(-c5cccc6c5ccc5oc7ccccc7c56)cccc34)cccc21.CC1(C)c2ccccc2-c2c(-c3c4cccc(-c5cccc6ccc7oc8ccccc8c7c56)c4cc4c(-c5cccc6ccc7oc8ccccc8c7c56)cccc34)cccc21. The van der Waals surface area contributed by atoms with E-state index in [0.717, 1.165) is 87.8 Å². The van der Waals surface area contributed by atoms with Crippen molar-refractivity contribution in [3.8, 4) is 89.0 Å². The van der Waals surface area contributed by atoms with Gasteiger partial charge in [-0.25, -0.2) is 0 Å². The van der Waals surface area contributed by atoms with Crippen LogP contribution in [0.4, 0.5) is 0 Å². The van der Waals surface area contributed by atoms with Crippen molar-refractivity contribution in [3.05, 3.63) is 411 Å². The second kappa shape index (κ2) is 26.3. The highest BCUT2D eigenvalue weighted by Crippen LogP contribution is 2.59. The van der Waals surface area contributed by atoms with Crippen LogP contribution in [0, 0.1) is 0 Å². The van der Waals surface area contributed by atoms with E-state index in [2.05, 4.69) is 404 Å². The van der Waals surface area contributed by atoms with Crippen LogP contribution >= 0.6 is 0 Å². The fourth-order valence-corrected chi connectivity index (χ4v) is 23.0. The number of fused-ring (bicyclic) bond motifs is 30. The molecule has 0 saturated heterocycles. The molecule has 4 heteroatoms. The molecule has 0 N–H and O–H groups in total. The molecule has 0 bridgehead atoms. The Hall–Kier alpha value is -15.9. The minimum atomic E-state index is -0.137. The minimum absolute atomic E-state index is 0.129. The van der Waals surface area contributed by atoms with Crippen LogP contribution in [-0.2, 0) is 10.8 Å². The zero-order valence-electron chi connectivity index (χ0n) is 69.6. The number of furan rings is 4. The highest BCUT2D eigenvalue weighted by Gasteiger charge is 2.40. The predicted octanol–water partition coefficient (Wildman–Crippen LogP) is 34.8. The van der Waals surface area contributed by atoms with Gasteiger partial charge in [-0.3, -0.25) is 0 Å². The Kier molecular flexibility index (Phi) is 14.8. The van der Waals surface area contributed by atoms with Gasteiger partial charge in [0.15, 0.2) is 0 Å². The van der Waals surface area contributed by atoms with Gasteiger partial charge in [0.05, 0.1) is 0 Å². The average molecular weight is 1610 g/mol. The molecule has 0 saturated carbocycles. The lowest BCUT2D eigenvalue weighted by Gasteiger charge is -2.22. The molecule has 0 atom stereocenters. The summed E-state index contributed by atoms with van der Waals surface area (Å²) in [7, 11) is 0. The maximum Gasteiger partial charge on any atom is 0.136 e. The molecule has 0 unspecified atom stereocenters. The quantitative estimate of drug-likeness (QED) is 0.156. The molecule has 0 radical (unpaired) electrons. The number of benzene rings is 22. The first kappa shape index (κ1) is 70.8. The van der Waals surface area contributed by atoms with E-state index in [0.29, 0.717) is 0 Å². The molecular formula is C122H76O4. The van der Waals surface area contributed by atoms with Crippen LogP contribution < -0.4 is 0 Å². The third-order valence-electron chi connectivity index (χ3n) is 28.6. The van der Waals surface area contributed by atoms with Gasteiger partial charge in [0, 0.05) is 64.7 Å². The van der Waals surface area contributed by atoms with Crippen LogP contribution in [0.2, 0.25) is 0 Å². The summed E-state index contributed by atoms with van der Waals surface area (Å²) < 4.78 is 25.8. The monoisotopic (exact) mass is 1600 g/mol. The Balaban J connectivity index is 0.000000131. The zero-order valence-corrected chi connectivity index (χ0v) is 69.6. The van der Waals surface area contributed by atoms with Gasteiger partial charge in [0.2, 0.25) is 0 Å². The first-order valence-corrected chi connectivity index (χ1v) is 43.8. The van der Waals surface area contributed by atoms with Crippen molar-refractivity contribution in [2.75, 3.05) is 0 Å². The normalized spacial score (nSPS) is 13.4. The van der Waals surface area contributed by atoms with Crippen LogP contribution in [0.3, 0.4) is 0 Å². The molecule has 26 aromatic rings. The van der Waals surface area contributed by atoms with Crippen LogP contribution in [0.5, 0.6) is 0 Å². The first-order valence-electron chi connectivity index (χ1n) is 43.8. The fourth-order valence-electron chi connectivity index (χ4n) is 23.0. The van der Waals surface area contributed by atoms with Crippen LogP contribution in [0.15, 0.2) is 406 Å². The second-order valence-electron chi connectivity index (χ2n) is 35.7. The summed E-state index contributed by atoms with van der Waals surface area (Å²) in [6.45, 7) is 9.50. The highest BCUT2D eigenvalue weighted by atomic mass is 16.3. The maximum atomic E-state index is 6.51. The minimum Gasteiger partial charge on any atom is -0.456 e. The van der Waals surface area contributed by atoms with E-state index in [1.165, 1.54) is 197 Å². The molecule has 588 valence electrons. The number of rotatable bonds is 6. The lowest BCUT2D eigenvalue weighted by Crippen LogP contribution is -2.14. The van der Waals surface area contributed by atoms with Crippen molar-refractivity contribution in [1.82, 2.24) is 0 Å². The largest absolute Gasteiger partial charge is 0.456 e. The molecule has 2 aliphatic rings. The maximum absolute atomic E-state index is 6.51. The summed E-state index contributed by atoms with van der Waals surface area (Å²) in [5.41, 5.74) is 32.4. The van der Waals surface area contributed by atoms with Gasteiger partial charge in [-0.05, 0) is 247 Å². The Morgan fingerprint density at radius 3 is 0.778 bits per heavy atom. The molecule has 126 heavy (non-hydrogen) atoms. The van der Waals surface area contributed by atoms with Gasteiger partial charge < -0.3 is 17.7 Å². The summed E-state index contributed by atoms with van der Waals surface area (Å²) in [4.78, 5) is 0. The third kappa shape index (κ3) is 9.89. The number of hydrogen-bond acceptors (Lipinski definition) is 4. The van der Waals surface area contributed by atoms with E-state index in [1.807, 2.05) is 12.1 Å². The molecule has 0 aliphatic heterocycles. The van der Waals surface area contributed by atoms with Crippen molar-refractivity contribution >= 4 is 174 Å². The second-order valence-corrected chi connectivity index (χ2v) is 35.7. The molecule has 4 aromatic heterocycles. The molecule has 0 spiro atoms. The molecule has 2 aliphatic carbocycles. The Labute approximate surface area is 724 Å². The van der Waals surface area contributed by atoms with E-state index in [9.17, 15) is 0 Å². The average Bonchev–Trinajstić information content (AvgIpc) is 1.66. The van der Waals surface area contributed by atoms with Crippen molar-refractivity contribution in [2.45, 2.75) is 38.5 Å². The van der Waals surface area contributed by atoms with E-state index < -0.39 is 0 Å². The summed E-state index contributed by atoms with van der Waals surface area (Å²) in [6.07, 6.45) is 0. The van der Waals surface area contributed by atoms with Crippen molar-refractivity contribution in [3.63, 3.8) is 0 Å². The van der Waals surface area contributed by atoms with Crippen molar-refractivity contribution < 1.29 is 17.7 Å². The van der Waals surface area contributed by atoms with E-state index >= 15 is 0 Å². The predicted molar refractivity (Wildman–Crippen MR) is 530 cm³/mol. The molecule has 0 fully saturated rings. The topological polar surface area (TPSA) is 52.6 Å². The van der Waals surface area contributed by atoms with Gasteiger partial charge >= 0.3 is 0 Å². The molecule has 4 nitrogen and oxygen atoms in total. The van der Waals surface area contributed by atoms with E-state index in [1.54, 1.807) is 0 Å². The molecular weight excluding hydrogens is 1530 g/mol. The van der Waals surface area contributed by atoms with Crippen molar-refractivity contribution in [1.29, 1.82) is 0 Å². The van der Waals surface area contributed by atoms with Crippen molar-refractivity contribution in [2.24, 2.45) is 0 Å². The first-order chi connectivity index (χ1) is 62.1.